The number of aromatic nitrogens is 2. The van der Waals surface area contributed by atoms with Crippen molar-refractivity contribution in [2.45, 2.75) is 0 Å². The Hall–Kier alpha value is -1.32. The van der Waals surface area contributed by atoms with Crippen molar-refractivity contribution in [2.75, 3.05) is 7.11 Å². The molecule has 1 N–H and O–H groups in total. The Morgan fingerprint density at radius 2 is 2.67 bits per heavy atom. The minimum absolute atomic E-state index is 0.423. The molecular formula is C5H6N2O2. The lowest BCUT2D eigenvalue weighted by Crippen LogP contribution is -1.79. The van der Waals surface area contributed by atoms with Crippen LogP contribution in [0.2, 0.25) is 0 Å². The number of nitrogens with one attached hydrogen (secondary N) is 1. The van der Waals surface area contributed by atoms with Gasteiger partial charge in [-0.05, 0) is 0 Å². The van der Waals surface area contributed by atoms with Crippen molar-refractivity contribution >= 4 is 6.29 Å². The number of ether oxygens (including phenoxy) is 1. The lowest BCUT2D eigenvalue weighted by atomic mass is 10.5. The Morgan fingerprint density at radius 3 is 3.00 bits per heavy atom. The summed E-state index contributed by atoms with van der Waals surface area (Å²) in [5.74, 6) is 0.428. The molecule has 0 bridgehead atoms. The summed E-state index contributed by atoms with van der Waals surface area (Å²) < 4.78 is 4.70. The molecule has 0 amide bonds. The van der Waals surface area contributed by atoms with Gasteiger partial charge in [0.25, 0.3) is 0 Å². The summed E-state index contributed by atoms with van der Waals surface area (Å²) in [6, 6.07) is 1.52. The van der Waals surface area contributed by atoms with Crippen LogP contribution in [0.25, 0.3) is 0 Å². The van der Waals surface area contributed by atoms with E-state index in [1.165, 1.54) is 13.2 Å². The summed E-state index contributed by atoms with van der Waals surface area (Å²) in [5.41, 5.74) is 0.423. The molecule has 0 aliphatic carbocycles. The number of carbonyl (C=O) groups excluding carboxylic acids is 1. The molecule has 0 aromatic carbocycles. The zero-order valence-electron chi connectivity index (χ0n) is 4.92. The number of aromatic amines is 1. The highest BCUT2D eigenvalue weighted by atomic mass is 16.5. The van der Waals surface area contributed by atoms with E-state index in [2.05, 4.69) is 10.2 Å². The van der Waals surface area contributed by atoms with Crippen LogP contribution in [0.5, 0.6) is 5.88 Å². The summed E-state index contributed by atoms with van der Waals surface area (Å²) in [5, 5.41) is 6.09. The van der Waals surface area contributed by atoms with Gasteiger partial charge in [0.2, 0.25) is 5.88 Å². The van der Waals surface area contributed by atoms with Crippen LogP contribution in [-0.2, 0) is 0 Å². The monoisotopic (exact) mass is 126 g/mol. The molecule has 0 spiro atoms. The molecule has 0 atom stereocenters. The zero-order chi connectivity index (χ0) is 6.69. The van der Waals surface area contributed by atoms with Crippen LogP contribution in [0.3, 0.4) is 0 Å². The first-order chi connectivity index (χ1) is 4.36. The molecule has 0 unspecified atom stereocenters. The van der Waals surface area contributed by atoms with E-state index in [-0.39, 0.29) is 0 Å². The van der Waals surface area contributed by atoms with E-state index < -0.39 is 0 Å². The van der Waals surface area contributed by atoms with Gasteiger partial charge in [0.05, 0.1) is 7.11 Å². The van der Waals surface area contributed by atoms with E-state index in [1.54, 1.807) is 0 Å². The molecule has 0 aliphatic rings. The molecule has 0 radical (unpaired) electrons. The summed E-state index contributed by atoms with van der Waals surface area (Å²) in [6.45, 7) is 0. The second-order valence-electron chi connectivity index (χ2n) is 1.48. The number of rotatable bonds is 2. The van der Waals surface area contributed by atoms with Gasteiger partial charge in [-0.15, -0.1) is 5.10 Å². The number of nitrogens with zero attached hydrogens (tertiary/aromatic N) is 1. The summed E-state index contributed by atoms with van der Waals surface area (Å²) in [7, 11) is 1.49. The average Bonchev–Trinajstić information content (AvgIpc) is 2.34. The van der Waals surface area contributed by atoms with E-state index in [0.717, 1.165) is 0 Å². The molecule has 0 saturated carbocycles. The van der Waals surface area contributed by atoms with Crippen LogP contribution < -0.4 is 4.74 Å². The second kappa shape index (κ2) is 2.30. The molecule has 1 aromatic heterocycles. The normalized spacial score (nSPS) is 9.00. The molecule has 0 aliphatic heterocycles. The Balaban J connectivity index is 2.86. The van der Waals surface area contributed by atoms with E-state index in [9.17, 15) is 4.79 Å². The van der Waals surface area contributed by atoms with Gasteiger partial charge in [-0.25, -0.2) is 0 Å². The molecule has 1 heterocycles. The van der Waals surface area contributed by atoms with Crippen LogP contribution in [0.4, 0.5) is 0 Å². The van der Waals surface area contributed by atoms with Crippen LogP contribution in [0, 0.1) is 0 Å². The van der Waals surface area contributed by atoms with Crippen LogP contribution in [0.1, 0.15) is 10.5 Å². The molecule has 4 nitrogen and oxygen atoms in total. The maximum Gasteiger partial charge on any atom is 0.232 e. The van der Waals surface area contributed by atoms with Crippen molar-refractivity contribution in [1.29, 1.82) is 0 Å². The number of methoxy groups -OCH3 is 1. The number of hydrogen-bond acceptors (Lipinski definition) is 3. The molecular weight excluding hydrogens is 120 g/mol. The van der Waals surface area contributed by atoms with Crippen molar-refractivity contribution in [1.82, 2.24) is 10.2 Å². The summed E-state index contributed by atoms with van der Waals surface area (Å²) >= 11 is 0. The fourth-order valence-corrected chi connectivity index (χ4v) is 0.482. The SMILES string of the molecule is COc1cc(C=O)[nH]n1. The first-order valence-corrected chi connectivity index (χ1v) is 2.41. The molecule has 4 heteroatoms. The Morgan fingerprint density at radius 1 is 1.89 bits per heavy atom. The Bertz CT molecular complexity index is 206. The van der Waals surface area contributed by atoms with E-state index >= 15 is 0 Å². The van der Waals surface area contributed by atoms with Crippen molar-refractivity contribution in [3.05, 3.63) is 11.8 Å². The van der Waals surface area contributed by atoms with Gasteiger partial charge < -0.3 is 4.74 Å². The molecule has 1 rings (SSSR count). The number of H-pyrrole nitrogens is 1. The minimum Gasteiger partial charge on any atom is -0.480 e. The smallest absolute Gasteiger partial charge is 0.232 e. The molecule has 1 aromatic rings. The third-order valence-corrected chi connectivity index (χ3v) is 0.910. The maximum absolute atomic E-state index is 10.0. The molecule has 48 valence electrons. The molecule has 0 saturated heterocycles. The van der Waals surface area contributed by atoms with Gasteiger partial charge in [0.15, 0.2) is 6.29 Å². The van der Waals surface area contributed by atoms with Crippen LogP contribution >= 0.6 is 0 Å². The second-order valence-corrected chi connectivity index (χ2v) is 1.48. The highest BCUT2D eigenvalue weighted by molar-refractivity contribution is 5.71. The molecule has 0 fully saturated rings. The van der Waals surface area contributed by atoms with E-state index in [0.29, 0.717) is 17.9 Å². The lowest BCUT2D eigenvalue weighted by molar-refractivity contribution is 0.111. The first kappa shape index (κ1) is 5.81. The predicted molar refractivity (Wildman–Crippen MR) is 30.5 cm³/mol. The standard InChI is InChI=1S/C5H6N2O2/c1-9-5-2-4(3-8)6-7-5/h2-3H,1H3,(H,6,7). The lowest BCUT2D eigenvalue weighted by Gasteiger charge is -1.84. The average molecular weight is 126 g/mol. The largest absolute Gasteiger partial charge is 0.480 e. The van der Waals surface area contributed by atoms with Crippen LogP contribution in [0.15, 0.2) is 6.07 Å². The van der Waals surface area contributed by atoms with Gasteiger partial charge in [0, 0.05) is 6.07 Å². The van der Waals surface area contributed by atoms with E-state index in [4.69, 9.17) is 4.74 Å². The van der Waals surface area contributed by atoms with Gasteiger partial charge >= 0.3 is 0 Å². The topological polar surface area (TPSA) is 55.0 Å². The fourth-order valence-electron chi connectivity index (χ4n) is 0.482. The van der Waals surface area contributed by atoms with Crippen molar-refractivity contribution in [3.8, 4) is 5.88 Å². The quantitative estimate of drug-likeness (QED) is 0.577. The van der Waals surface area contributed by atoms with Gasteiger partial charge in [-0.3, -0.25) is 9.89 Å². The fraction of sp³-hybridized carbons (Fsp3) is 0.200. The van der Waals surface area contributed by atoms with Crippen molar-refractivity contribution in [2.24, 2.45) is 0 Å². The third-order valence-electron chi connectivity index (χ3n) is 0.910. The number of carbonyl (C=O) groups is 1. The van der Waals surface area contributed by atoms with Crippen molar-refractivity contribution in [3.63, 3.8) is 0 Å². The summed E-state index contributed by atoms with van der Waals surface area (Å²) in [6.07, 6.45) is 0.676. The Kier molecular flexibility index (Phi) is 1.48. The van der Waals surface area contributed by atoms with Gasteiger partial charge in [-0.1, -0.05) is 0 Å². The van der Waals surface area contributed by atoms with Crippen LogP contribution in [-0.4, -0.2) is 23.6 Å². The first-order valence-electron chi connectivity index (χ1n) is 2.41. The minimum atomic E-state index is 0.423. The Labute approximate surface area is 51.8 Å². The van der Waals surface area contributed by atoms with Gasteiger partial charge in [0.1, 0.15) is 5.69 Å². The van der Waals surface area contributed by atoms with E-state index in [1.807, 2.05) is 0 Å². The highest BCUT2D eigenvalue weighted by Gasteiger charge is 1.95. The highest BCUT2D eigenvalue weighted by Crippen LogP contribution is 2.03. The third kappa shape index (κ3) is 1.07. The maximum atomic E-state index is 10.0. The summed E-state index contributed by atoms with van der Waals surface area (Å²) in [4.78, 5) is 10.0. The predicted octanol–water partition coefficient (Wildman–Crippen LogP) is 0.231. The zero-order valence-corrected chi connectivity index (χ0v) is 4.92. The number of aldehydes is 1. The van der Waals surface area contributed by atoms with Gasteiger partial charge in [-0.2, -0.15) is 0 Å². The van der Waals surface area contributed by atoms with Crippen molar-refractivity contribution < 1.29 is 9.53 Å². The number of hydrogen-bond donors (Lipinski definition) is 1. The molecule has 9 heavy (non-hydrogen) atoms.